The normalized spacial score (nSPS) is 13.6. The van der Waals surface area contributed by atoms with Crippen LogP contribution in [-0.4, -0.2) is 33.4 Å². The van der Waals surface area contributed by atoms with Crippen molar-refractivity contribution in [3.05, 3.63) is 81.0 Å². The fourth-order valence-corrected chi connectivity index (χ4v) is 4.47. The largest absolute Gasteiger partial charge is 0.493 e. The summed E-state index contributed by atoms with van der Waals surface area (Å²) in [5.74, 6) is 0.643. The molecule has 3 aromatic rings. The second-order valence-corrected chi connectivity index (χ2v) is 8.86. The van der Waals surface area contributed by atoms with E-state index in [1.165, 1.54) is 11.8 Å². The highest BCUT2D eigenvalue weighted by atomic mass is 79.9. The molecule has 3 aromatic carbocycles. The van der Waals surface area contributed by atoms with Gasteiger partial charge < -0.3 is 24.4 Å². The van der Waals surface area contributed by atoms with Crippen LogP contribution in [0, 0.1) is 5.82 Å². The number of anilines is 2. The third-order valence-electron chi connectivity index (χ3n) is 5.45. The number of hydrogen-bond acceptors (Lipinski definition) is 5. The van der Waals surface area contributed by atoms with Gasteiger partial charge in [-0.3, -0.25) is 0 Å². The Kier molecular flexibility index (Phi) is 7.96. The van der Waals surface area contributed by atoms with Crippen LogP contribution >= 0.6 is 27.5 Å². The minimum atomic E-state index is -0.405. The highest BCUT2D eigenvalue weighted by Crippen LogP contribution is 2.38. The lowest BCUT2D eigenvalue weighted by Gasteiger charge is -2.29. The van der Waals surface area contributed by atoms with Gasteiger partial charge in [-0.05, 0) is 70.0 Å². The van der Waals surface area contributed by atoms with E-state index in [4.69, 9.17) is 25.8 Å². The SMILES string of the molecule is COc1cc(CNc2ccc(N3CCOCC3)cc2)cc(Br)c1OCc1c(F)cccc1Cl. The van der Waals surface area contributed by atoms with Crippen LogP contribution in [0.2, 0.25) is 5.02 Å². The van der Waals surface area contributed by atoms with Crippen molar-refractivity contribution in [2.24, 2.45) is 0 Å². The van der Waals surface area contributed by atoms with E-state index >= 15 is 0 Å². The monoisotopic (exact) mass is 534 g/mol. The quantitative estimate of drug-likeness (QED) is 0.368. The Morgan fingerprint density at radius 3 is 2.58 bits per heavy atom. The lowest BCUT2D eigenvalue weighted by atomic mass is 10.2. The first-order valence-corrected chi connectivity index (χ1v) is 11.8. The Hall–Kier alpha value is -2.48. The van der Waals surface area contributed by atoms with E-state index in [0.29, 0.717) is 33.1 Å². The van der Waals surface area contributed by atoms with Crippen molar-refractivity contribution in [2.75, 3.05) is 43.6 Å². The van der Waals surface area contributed by atoms with Gasteiger partial charge in [-0.1, -0.05) is 17.7 Å². The van der Waals surface area contributed by atoms with Gasteiger partial charge in [-0.2, -0.15) is 0 Å². The van der Waals surface area contributed by atoms with Crippen molar-refractivity contribution < 1.29 is 18.6 Å². The molecular formula is C25H25BrClFN2O3. The Labute approximate surface area is 206 Å². The summed E-state index contributed by atoms with van der Waals surface area (Å²) < 4.78 is 31.6. The number of nitrogens with one attached hydrogen (secondary N) is 1. The van der Waals surface area contributed by atoms with Crippen LogP contribution < -0.4 is 19.7 Å². The molecule has 0 aromatic heterocycles. The first kappa shape index (κ1) is 23.7. The lowest BCUT2D eigenvalue weighted by molar-refractivity contribution is 0.122. The van der Waals surface area contributed by atoms with Crippen LogP contribution in [-0.2, 0) is 17.9 Å². The maximum Gasteiger partial charge on any atom is 0.175 e. The minimum Gasteiger partial charge on any atom is -0.493 e. The van der Waals surface area contributed by atoms with Gasteiger partial charge in [0.2, 0.25) is 0 Å². The number of rotatable bonds is 8. The number of benzene rings is 3. The van der Waals surface area contributed by atoms with E-state index in [9.17, 15) is 4.39 Å². The van der Waals surface area contributed by atoms with Crippen molar-refractivity contribution in [3.63, 3.8) is 0 Å². The van der Waals surface area contributed by atoms with E-state index in [-0.39, 0.29) is 6.61 Å². The van der Waals surface area contributed by atoms with Gasteiger partial charge >= 0.3 is 0 Å². The molecule has 1 aliphatic heterocycles. The van der Waals surface area contributed by atoms with Gasteiger partial charge in [-0.15, -0.1) is 0 Å². The molecule has 1 saturated heterocycles. The van der Waals surface area contributed by atoms with Gasteiger partial charge in [0.05, 0.1) is 29.8 Å². The van der Waals surface area contributed by atoms with Crippen LogP contribution in [0.25, 0.3) is 0 Å². The Morgan fingerprint density at radius 1 is 1.12 bits per heavy atom. The van der Waals surface area contributed by atoms with Gasteiger partial charge in [0, 0.05) is 36.6 Å². The first-order chi connectivity index (χ1) is 16.0. The zero-order chi connectivity index (χ0) is 23.2. The zero-order valence-electron chi connectivity index (χ0n) is 18.2. The van der Waals surface area contributed by atoms with E-state index in [1.54, 1.807) is 19.2 Å². The second-order valence-electron chi connectivity index (χ2n) is 7.60. The van der Waals surface area contributed by atoms with Gasteiger partial charge in [0.1, 0.15) is 12.4 Å². The lowest BCUT2D eigenvalue weighted by Crippen LogP contribution is -2.36. The van der Waals surface area contributed by atoms with Crippen LogP contribution in [0.15, 0.2) is 59.1 Å². The summed E-state index contributed by atoms with van der Waals surface area (Å²) in [5, 5.41) is 3.76. The molecule has 0 unspecified atom stereocenters. The van der Waals surface area contributed by atoms with Crippen molar-refractivity contribution in [1.82, 2.24) is 0 Å². The molecule has 33 heavy (non-hydrogen) atoms. The molecule has 1 heterocycles. The summed E-state index contributed by atoms with van der Waals surface area (Å²) in [6.45, 7) is 3.96. The van der Waals surface area contributed by atoms with Crippen molar-refractivity contribution in [2.45, 2.75) is 13.2 Å². The van der Waals surface area contributed by atoms with Crippen LogP contribution in [0.4, 0.5) is 15.8 Å². The number of nitrogens with zero attached hydrogens (tertiary/aromatic N) is 1. The van der Waals surface area contributed by atoms with Crippen molar-refractivity contribution >= 4 is 38.9 Å². The van der Waals surface area contributed by atoms with Crippen LogP contribution in [0.5, 0.6) is 11.5 Å². The number of morpholine rings is 1. The van der Waals surface area contributed by atoms with Crippen LogP contribution in [0.3, 0.4) is 0 Å². The zero-order valence-corrected chi connectivity index (χ0v) is 20.6. The van der Waals surface area contributed by atoms with Gasteiger partial charge in [0.15, 0.2) is 11.5 Å². The molecule has 8 heteroatoms. The molecule has 0 saturated carbocycles. The molecule has 0 atom stereocenters. The van der Waals surface area contributed by atoms with E-state index in [2.05, 4.69) is 50.4 Å². The molecule has 4 rings (SSSR count). The standard InChI is InChI=1S/C25H25BrClFN2O3/c1-31-24-14-17(13-21(26)25(24)33-16-20-22(27)3-2-4-23(20)28)15-29-18-5-7-19(8-6-18)30-9-11-32-12-10-30/h2-8,13-14,29H,9-12,15-16H2,1H3. The molecule has 0 spiro atoms. The molecule has 0 amide bonds. The predicted molar refractivity (Wildman–Crippen MR) is 133 cm³/mol. The molecule has 0 bridgehead atoms. The molecule has 1 N–H and O–H groups in total. The average molecular weight is 536 g/mol. The number of hydrogen-bond donors (Lipinski definition) is 1. The average Bonchev–Trinajstić information content (AvgIpc) is 2.84. The minimum absolute atomic E-state index is 0.00639. The second kappa shape index (κ2) is 11.1. The molecular weight excluding hydrogens is 511 g/mol. The maximum atomic E-state index is 14.1. The highest BCUT2D eigenvalue weighted by Gasteiger charge is 2.15. The van der Waals surface area contributed by atoms with E-state index in [0.717, 1.165) is 37.6 Å². The number of methoxy groups -OCH3 is 1. The molecule has 0 aliphatic carbocycles. The summed E-state index contributed by atoms with van der Waals surface area (Å²) in [6.07, 6.45) is 0. The Morgan fingerprint density at radius 2 is 1.88 bits per heavy atom. The van der Waals surface area contributed by atoms with Crippen molar-refractivity contribution in [3.8, 4) is 11.5 Å². The predicted octanol–water partition coefficient (Wildman–Crippen LogP) is 6.28. The smallest absolute Gasteiger partial charge is 0.175 e. The molecule has 1 aliphatic rings. The first-order valence-electron chi connectivity index (χ1n) is 10.6. The third kappa shape index (κ3) is 5.91. The fraction of sp³-hybridized carbons (Fsp3) is 0.280. The highest BCUT2D eigenvalue weighted by molar-refractivity contribution is 9.10. The topological polar surface area (TPSA) is 43.0 Å². The Bertz CT molecular complexity index is 1070. The van der Waals surface area contributed by atoms with Crippen molar-refractivity contribution in [1.29, 1.82) is 0 Å². The molecule has 1 fully saturated rings. The summed E-state index contributed by atoms with van der Waals surface area (Å²) in [7, 11) is 1.58. The van der Waals surface area contributed by atoms with Gasteiger partial charge in [-0.25, -0.2) is 4.39 Å². The molecule has 5 nitrogen and oxygen atoms in total. The third-order valence-corrected chi connectivity index (χ3v) is 6.40. The fourth-order valence-electron chi connectivity index (χ4n) is 3.65. The summed E-state index contributed by atoms with van der Waals surface area (Å²) in [6, 6.07) is 16.8. The molecule has 0 radical (unpaired) electrons. The summed E-state index contributed by atoms with van der Waals surface area (Å²) in [4.78, 5) is 2.32. The number of halogens is 3. The van der Waals surface area contributed by atoms with Gasteiger partial charge in [0.25, 0.3) is 0 Å². The number of ether oxygens (including phenoxy) is 3. The summed E-state index contributed by atoms with van der Waals surface area (Å²) >= 11 is 9.66. The maximum absolute atomic E-state index is 14.1. The summed E-state index contributed by atoms with van der Waals surface area (Å²) in [5.41, 5.74) is 3.54. The Balaban J connectivity index is 1.41. The van der Waals surface area contributed by atoms with E-state index in [1.807, 2.05) is 12.1 Å². The van der Waals surface area contributed by atoms with Crippen LogP contribution in [0.1, 0.15) is 11.1 Å². The van der Waals surface area contributed by atoms with E-state index < -0.39 is 5.82 Å². The molecule has 174 valence electrons.